The van der Waals surface area contributed by atoms with E-state index >= 15 is 0 Å². The highest BCUT2D eigenvalue weighted by atomic mass is 79.9. The van der Waals surface area contributed by atoms with E-state index < -0.39 is 0 Å². The van der Waals surface area contributed by atoms with E-state index in [1.165, 1.54) is 35.8 Å². The molecule has 0 aliphatic rings. The molecule has 0 aliphatic carbocycles. The van der Waals surface area contributed by atoms with Crippen LogP contribution in [0, 0.1) is 6.92 Å². The van der Waals surface area contributed by atoms with Crippen molar-refractivity contribution in [3.8, 4) is 16.5 Å². The largest absolute Gasteiger partial charge is 0.492 e. The first kappa shape index (κ1) is 18.3. The van der Waals surface area contributed by atoms with E-state index in [0.717, 1.165) is 16.3 Å². The Balaban J connectivity index is 0.00000208. The van der Waals surface area contributed by atoms with Gasteiger partial charge >= 0.3 is 0 Å². The Morgan fingerprint density at radius 1 is 1.29 bits per heavy atom. The molecule has 0 aromatic carbocycles. The molecule has 0 saturated carbocycles. The van der Waals surface area contributed by atoms with Crippen molar-refractivity contribution in [2.45, 2.75) is 13.8 Å². The number of pyridine rings is 1. The molecule has 0 radical (unpaired) electrons. The summed E-state index contributed by atoms with van der Waals surface area (Å²) in [5.74, 6) is -0.232. The normalized spacial score (nSPS) is 10.1. The molecule has 0 unspecified atom stereocenters. The van der Waals surface area contributed by atoms with Gasteiger partial charge in [0.25, 0.3) is 0 Å². The van der Waals surface area contributed by atoms with Gasteiger partial charge in [-0.05, 0) is 19.1 Å². The van der Waals surface area contributed by atoms with Crippen molar-refractivity contribution in [3.63, 3.8) is 0 Å². The van der Waals surface area contributed by atoms with Crippen molar-refractivity contribution in [1.82, 2.24) is 15.0 Å². The number of aromatic nitrogens is 3. The predicted molar refractivity (Wildman–Crippen MR) is 102 cm³/mol. The summed E-state index contributed by atoms with van der Waals surface area (Å²) in [7, 11) is 0. The second-order valence-corrected chi connectivity index (χ2v) is 6.51. The maximum atomic E-state index is 11.1. The summed E-state index contributed by atoms with van der Waals surface area (Å²) in [6.45, 7) is 3.32. The molecule has 10 heteroatoms. The molecule has 0 bridgehead atoms. The van der Waals surface area contributed by atoms with Crippen molar-refractivity contribution in [3.05, 3.63) is 29.4 Å². The van der Waals surface area contributed by atoms with E-state index in [9.17, 15) is 9.90 Å². The van der Waals surface area contributed by atoms with Crippen LogP contribution in [0.25, 0.3) is 10.6 Å². The van der Waals surface area contributed by atoms with Crippen LogP contribution in [0.1, 0.15) is 12.6 Å². The number of nitrogens with one attached hydrogen (secondary N) is 2. The van der Waals surface area contributed by atoms with E-state index in [1.807, 2.05) is 12.3 Å². The van der Waals surface area contributed by atoms with Gasteiger partial charge in [-0.2, -0.15) is 0 Å². The van der Waals surface area contributed by atoms with Crippen LogP contribution in [-0.4, -0.2) is 26.0 Å². The monoisotopic (exact) mass is 427 g/mol. The molecule has 1 amide bonds. The first-order chi connectivity index (χ1) is 11.0. The first-order valence-corrected chi connectivity index (χ1v) is 8.34. The molecule has 3 rings (SSSR count). The number of hydrogen-bond acceptors (Lipinski definition) is 8. The molecule has 126 valence electrons. The maximum Gasteiger partial charge on any atom is 0.235 e. The summed E-state index contributed by atoms with van der Waals surface area (Å²) in [4.78, 5) is 24.6. The minimum atomic E-state index is -0.155. The topological polar surface area (TPSA) is 100 Å². The lowest BCUT2D eigenvalue weighted by Gasteiger charge is -2.02. The third kappa shape index (κ3) is 4.08. The van der Waals surface area contributed by atoms with Crippen LogP contribution < -0.4 is 10.6 Å². The molecule has 3 N–H and O–H groups in total. The number of rotatable bonds is 4. The third-order valence-corrected chi connectivity index (χ3v) is 4.70. The van der Waals surface area contributed by atoms with Gasteiger partial charge < -0.3 is 15.7 Å². The van der Waals surface area contributed by atoms with E-state index in [2.05, 4.69) is 25.6 Å². The van der Waals surface area contributed by atoms with Gasteiger partial charge in [-0.3, -0.25) is 4.79 Å². The van der Waals surface area contributed by atoms with Crippen molar-refractivity contribution >= 4 is 61.5 Å². The van der Waals surface area contributed by atoms with Gasteiger partial charge in [0.15, 0.2) is 10.3 Å². The molecular weight excluding hydrogens is 414 g/mol. The van der Waals surface area contributed by atoms with Crippen LogP contribution in [-0.2, 0) is 4.79 Å². The molecule has 0 spiro atoms. The Morgan fingerprint density at radius 2 is 2.08 bits per heavy atom. The molecule has 3 aromatic rings. The quantitative estimate of drug-likeness (QED) is 0.582. The number of anilines is 3. The van der Waals surface area contributed by atoms with Crippen LogP contribution in [0.5, 0.6) is 5.88 Å². The molecule has 0 aliphatic heterocycles. The van der Waals surface area contributed by atoms with Crippen molar-refractivity contribution in [2.75, 3.05) is 10.6 Å². The highest BCUT2D eigenvalue weighted by Gasteiger charge is 2.14. The lowest BCUT2D eigenvalue weighted by atomic mass is 10.3. The minimum Gasteiger partial charge on any atom is -0.492 e. The van der Waals surface area contributed by atoms with Crippen molar-refractivity contribution < 1.29 is 9.90 Å². The zero-order chi connectivity index (χ0) is 16.4. The highest BCUT2D eigenvalue weighted by Crippen LogP contribution is 2.35. The summed E-state index contributed by atoms with van der Waals surface area (Å²) in [5, 5.41) is 18.5. The van der Waals surface area contributed by atoms with Gasteiger partial charge in [-0.1, -0.05) is 11.3 Å². The smallest absolute Gasteiger partial charge is 0.235 e. The number of hydrogen-bond donors (Lipinski definition) is 3. The fourth-order valence-corrected chi connectivity index (χ4v) is 3.64. The molecule has 0 atom stereocenters. The molecule has 0 saturated heterocycles. The van der Waals surface area contributed by atoms with Gasteiger partial charge in [0, 0.05) is 18.5 Å². The average Bonchev–Trinajstić information content (AvgIpc) is 3.07. The number of amides is 1. The summed E-state index contributed by atoms with van der Waals surface area (Å²) in [6, 6.07) is 3.44. The molecule has 3 heterocycles. The second-order valence-electron chi connectivity index (χ2n) is 4.65. The molecule has 7 nitrogen and oxygen atoms in total. The molecule has 0 fully saturated rings. The SMILES string of the molecule is Br.CC(=O)Nc1nc(C)c(-c2csc(Nc3cccnc3O)n2)s1. The Bertz CT molecular complexity index is 864. The van der Waals surface area contributed by atoms with Crippen LogP contribution in [0.2, 0.25) is 0 Å². The van der Waals surface area contributed by atoms with E-state index in [0.29, 0.717) is 16.0 Å². The van der Waals surface area contributed by atoms with Gasteiger partial charge in [0.1, 0.15) is 5.69 Å². The lowest BCUT2D eigenvalue weighted by Crippen LogP contribution is -2.04. The summed E-state index contributed by atoms with van der Waals surface area (Å²) < 4.78 is 0. The third-order valence-electron chi connectivity index (χ3n) is 2.84. The second kappa shape index (κ2) is 7.69. The van der Waals surface area contributed by atoms with Gasteiger partial charge in [-0.15, -0.1) is 28.3 Å². The summed E-state index contributed by atoms with van der Waals surface area (Å²) >= 11 is 2.79. The molecule has 3 aromatic heterocycles. The van der Waals surface area contributed by atoms with Gasteiger partial charge in [0.05, 0.1) is 16.3 Å². The number of halogens is 1. The predicted octanol–water partition coefficient (Wildman–Crippen LogP) is 3.96. The van der Waals surface area contributed by atoms with E-state index in [1.54, 1.807) is 12.1 Å². The van der Waals surface area contributed by atoms with Gasteiger partial charge in [0.2, 0.25) is 11.8 Å². The number of carbonyl (C=O) groups excluding carboxylic acids is 1. The van der Waals surface area contributed by atoms with Crippen molar-refractivity contribution in [2.24, 2.45) is 0 Å². The van der Waals surface area contributed by atoms with Crippen LogP contribution in [0.4, 0.5) is 16.0 Å². The van der Waals surface area contributed by atoms with Crippen LogP contribution in [0.15, 0.2) is 23.7 Å². The Morgan fingerprint density at radius 3 is 2.79 bits per heavy atom. The average molecular weight is 428 g/mol. The molecular formula is C14H14BrN5O2S2. The number of nitrogens with zero attached hydrogens (tertiary/aromatic N) is 3. The number of thiazole rings is 2. The van der Waals surface area contributed by atoms with E-state index in [4.69, 9.17) is 0 Å². The number of aromatic hydroxyl groups is 1. The van der Waals surface area contributed by atoms with E-state index in [-0.39, 0.29) is 28.8 Å². The summed E-state index contributed by atoms with van der Waals surface area (Å²) in [5.41, 5.74) is 2.07. The maximum absolute atomic E-state index is 11.1. The highest BCUT2D eigenvalue weighted by molar-refractivity contribution is 8.93. The number of carbonyl (C=O) groups is 1. The van der Waals surface area contributed by atoms with Crippen LogP contribution >= 0.6 is 39.7 Å². The summed E-state index contributed by atoms with van der Waals surface area (Å²) in [6.07, 6.45) is 1.51. The zero-order valence-electron chi connectivity index (χ0n) is 12.7. The number of aryl methyl sites for hydroxylation is 1. The fourth-order valence-electron chi connectivity index (χ4n) is 1.88. The Hall–Kier alpha value is -2.04. The van der Waals surface area contributed by atoms with Crippen LogP contribution in [0.3, 0.4) is 0 Å². The molecule has 24 heavy (non-hydrogen) atoms. The standard InChI is InChI=1S/C14H13N5O2S2.BrH/c1-7-11(23-14(16-7)17-8(2)20)10-6-22-13(19-10)18-9-4-3-5-15-12(9)21;/h3-6H,1-2H3,(H,15,21)(H,18,19)(H,16,17,20);1H. The fraction of sp³-hybridized carbons (Fsp3) is 0.143. The van der Waals surface area contributed by atoms with Gasteiger partial charge in [-0.25, -0.2) is 15.0 Å². The zero-order valence-corrected chi connectivity index (χ0v) is 16.1. The Labute approximate surface area is 156 Å². The lowest BCUT2D eigenvalue weighted by molar-refractivity contribution is -0.114. The minimum absolute atomic E-state index is 0. The first-order valence-electron chi connectivity index (χ1n) is 6.65. The van der Waals surface area contributed by atoms with Crippen molar-refractivity contribution in [1.29, 1.82) is 0 Å². The Kier molecular flexibility index (Phi) is 5.86.